The largest absolute Gasteiger partial charge is 0.450 e. The van der Waals surface area contributed by atoms with E-state index in [2.05, 4.69) is 20.7 Å². The number of nitrogens with one attached hydrogen (secondary N) is 3. The van der Waals surface area contributed by atoms with Crippen LogP contribution in [0.15, 0.2) is 0 Å². The zero-order chi connectivity index (χ0) is 11.5. The molecule has 3 N–H and O–H groups in total. The van der Waals surface area contributed by atoms with Crippen molar-refractivity contribution in [3.63, 3.8) is 0 Å². The first-order valence-electron chi connectivity index (χ1n) is 4.50. The number of amides is 3. The van der Waals surface area contributed by atoms with Crippen LogP contribution in [0.3, 0.4) is 0 Å². The highest BCUT2D eigenvalue weighted by Gasteiger charge is 2.00. The summed E-state index contributed by atoms with van der Waals surface area (Å²) in [6.45, 7) is 2.51. The average Bonchev–Trinajstić information content (AvgIpc) is 2.22. The van der Waals surface area contributed by atoms with E-state index < -0.39 is 12.1 Å². The fraction of sp³-hybridized carbons (Fsp3) is 0.625. The summed E-state index contributed by atoms with van der Waals surface area (Å²) >= 11 is 0. The van der Waals surface area contributed by atoms with Crippen molar-refractivity contribution in [2.45, 2.75) is 6.92 Å². The Kier molecular flexibility index (Phi) is 7.49. The van der Waals surface area contributed by atoms with E-state index >= 15 is 0 Å². The van der Waals surface area contributed by atoms with E-state index in [1.165, 1.54) is 0 Å². The minimum Gasteiger partial charge on any atom is -0.450 e. The fourth-order valence-electron chi connectivity index (χ4n) is 0.705. The van der Waals surface area contributed by atoms with Gasteiger partial charge in [-0.1, -0.05) is 0 Å². The third-order valence-corrected chi connectivity index (χ3v) is 1.28. The average molecular weight is 214 g/mol. The number of carbonyl (C=O) groups excluding carboxylic acids is 2. The van der Waals surface area contributed by atoms with Crippen LogP contribution in [-0.2, 0) is 4.74 Å². The lowest BCUT2D eigenvalue weighted by Gasteiger charge is -2.06. The predicted octanol–water partition coefficient (Wildman–Crippen LogP) is -0.445. The summed E-state index contributed by atoms with van der Waals surface area (Å²) in [7, 11) is 0. The molecule has 0 unspecified atom stereocenters. The molecule has 0 atom stereocenters. The molecule has 0 spiro atoms. The van der Waals surface area contributed by atoms with Gasteiger partial charge in [-0.25, -0.2) is 9.59 Å². The summed E-state index contributed by atoms with van der Waals surface area (Å²) in [6, 6.07) is 1.32. The molecule has 0 heterocycles. The lowest BCUT2D eigenvalue weighted by Crippen LogP contribution is -2.40. The lowest BCUT2D eigenvalue weighted by atomic mass is 10.6. The van der Waals surface area contributed by atoms with Crippen molar-refractivity contribution in [3.8, 4) is 6.07 Å². The van der Waals surface area contributed by atoms with Gasteiger partial charge >= 0.3 is 12.1 Å². The highest BCUT2D eigenvalue weighted by atomic mass is 16.5. The van der Waals surface area contributed by atoms with Crippen molar-refractivity contribution >= 4 is 12.1 Å². The molecule has 0 aromatic carbocycles. The first-order valence-corrected chi connectivity index (χ1v) is 4.50. The van der Waals surface area contributed by atoms with Crippen LogP contribution in [0, 0.1) is 11.3 Å². The van der Waals surface area contributed by atoms with Crippen LogP contribution in [0.5, 0.6) is 0 Å². The van der Waals surface area contributed by atoms with E-state index in [0.29, 0.717) is 6.61 Å². The molecule has 7 heteroatoms. The summed E-state index contributed by atoms with van der Waals surface area (Å²) in [4.78, 5) is 21.6. The molecule has 0 bridgehead atoms. The molecule has 7 nitrogen and oxygen atoms in total. The molecule has 0 radical (unpaired) electrons. The maximum Gasteiger partial charge on any atom is 0.407 e. The van der Waals surface area contributed by atoms with Crippen molar-refractivity contribution in [1.29, 1.82) is 5.26 Å². The minimum atomic E-state index is -0.517. The van der Waals surface area contributed by atoms with E-state index in [4.69, 9.17) is 5.26 Å². The Balaban J connectivity index is 3.34. The number of ether oxygens (including phenoxy) is 1. The first-order chi connectivity index (χ1) is 7.20. The van der Waals surface area contributed by atoms with Crippen molar-refractivity contribution in [2.24, 2.45) is 0 Å². The quantitative estimate of drug-likeness (QED) is 0.426. The number of hydrogen-bond donors (Lipinski definition) is 3. The monoisotopic (exact) mass is 214 g/mol. The van der Waals surface area contributed by atoms with Gasteiger partial charge < -0.3 is 20.7 Å². The van der Waals surface area contributed by atoms with Crippen LogP contribution in [0.25, 0.3) is 0 Å². The van der Waals surface area contributed by atoms with Crippen LogP contribution in [0.2, 0.25) is 0 Å². The second-order valence-electron chi connectivity index (χ2n) is 2.41. The van der Waals surface area contributed by atoms with Gasteiger partial charge in [0.2, 0.25) is 0 Å². The summed E-state index contributed by atoms with van der Waals surface area (Å²) in [6.07, 6.45) is -0.517. The molecule has 0 aliphatic heterocycles. The van der Waals surface area contributed by atoms with Crippen LogP contribution in [0.4, 0.5) is 9.59 Å². The second kappa shape index (κ2) is 8.62. The van der Waals surface area contributed by atoms with Crippen LogP contribution in [0.1, 0.15) is 6.92 Å². The molecule has 0 saturated heterocycles. The summed E-state index contributed by atoms with van der Waals surface area (Å²) in [5.41, 5.74) is 0. The standard InChI is InChI=1S/C8H14N4O3/c1-2-15-8(14)12-6-5-11-7(13)10-4-3-9/h2,4-6H2,1H3,(H,12,14)(H2,10,11,13). The van der Waals surface area contributed by atoms with Gasteiger partial charge in [0.05, 0.1) is 12.7 Å². The highest BCUT2D eigenvalue weighted by molar-refractivity contribution is 5.74. The van der Waals surface area contributed by atoms with Gasteiger partial charge in [0.1, 0.15) is 6.54 Å². The number of nitriles is 1. The molecule has 0 aliphatic rings. The van der Waals surface area contributed by atoms with Crippen molar-refractivity contribution < 1.29 is 14.3 Å². The van der Waals surface area contributed by atoms with Gasteiger partial charge in [-0.15, -0.1) is 0 Å². The Morgan fingerprint density at radius 1 is 1.27 bits per heavy atom. The zero-order valence-electron chi connectivity index (χ0n) is 8.50. The Hall–Kier alpha value is -1.97. The van der Waals surface area contributed by atoms with E-state index in [0.717, 1.165) is 0 Å². The molecule has 0 rings (SSSR count). The summed E-state index contributed by atoms with van der Waals surface area (Å²) < 4.78 is 4.59. The third-order valence-electron chi connectivity index (χ3n) is 1.28. The summed E-state index contributed by atoms with van der Waals surface area (Å²) in [5.74, 6) is 0. The lowest BCUT2D eigenvalue weighted by molar-refractivity contribution is 0.152. The number of hydrogen-bond acceptors (Lipinski definition) is 4. The second-order valence-corrected chi connectivity index (χ2v) is 2.41. The predicted molar refractivity (Wildman–Crippen MR) is 52.0 cm³/mol. The molecular weight excluding hydrogens is 200 g/mol. The Bertz CT molecular complexity index is 249. The van der Waals surface area contributed by atoms with Crippen LogP contribution in [-0.4, -0.2) is 38.4 Å². The van der Waals surface area contributed by atoms with Gasteiger partial charge in [0.25, 0.3) is 0 Å². The smallest absolute Gasteiger partial charge is 0.407 e. The molecule has 84 valence electrons. The number of carbonyl (C=O) groups is 2. The Morgan fingerprint density at radius 2 is 1.93 bits per heavy atom. The molecule has 0 aromatic rings. The van der Waals surface area contributed by atoms with E-state index in [9.17, 15) is 9.59 Å². The highest BCUT2D eigenvalue weighted by Crippen LogP contribution is 1.74. The van der Waals surface area contributed by atoms with Crippen molar-refractivity contribution in [3.05, 3.63) is 0 Å². The zero-order valence-corrected chi connectivity index (χ0v) is 8.50. The van der Waals surface area contributed by atoms with Gasteiger partial charge in [-0.05, 0) is 6.92 Å². The normalized spacial score (nSPS) is 8.53. The molecule has 15 heavy (non-hydrogen) atoms. The SMILES string of the molecule is CCOC(=O)NCCNC(=O)NCC#N. The molecule has 0 saturated carbocycles. The van der Waals surface area contributed by atoms with Crippen molar-refractivity contribution in [1.82, 2.24) is 16.0 Å². The van der Waals surface area contributed by atoms with E-state index in [1.54, 1.807) is 13.0 Å². The van der Waals surface area contributed by atoms with Gasteiger partial charge in [-0.2, -0.15) is 5.26 Å². The van der Waals surface area contributed by atoms with E-state index in [-0.39, 0.29) is 19.6 Å². The molecule has 3 amide bonds. The number of alkyl carbamates (subject to hydrolysis) is 1. The van der Waals surface area contributed by atoms with Crippen LogP contribution >= 0.6 is 0 Å². The van der Waals surface area contributed by atoms with Gasteiger partial charge in [0, 0.05) is 13.1 Å². The number of urea groups is 1. The van der Waals surface area contributed by atoms with Gasteiger partial charge in [-0.3, -0.25) is 0 Å². The molecule has 0 aromatic heterocycles. The Morgan fingerprint density at radius 3 is 2.53 bits per heavy atom. The molecule has 0 fully saturated rings. The maximum atomic E-state index is 10.9. The topological polar surface area (TPSA) is 103 Å². The molecule has 0 aliphatic carbocycles. The first kappa shape index (κ1) is 13.0. The Labute approximate surface area is 87.8 Å². The number of nitrogens with zero attached hydrogens (tertiary/aromatic N) is 1. The number of rotatable bonds is 5. The fourth-order valence-corrected chi connectivity index (χ4v) is 0.705. The third kappa shape index (κ3) is 8.36. The van der Waals surface area contributed by atoms with Crippen LogP contribution < -0.4 is 16.0 Å². The van der Waals surface area contributed by atoms with Gasteiger partial charge in [0.15, 0.2) is 0 Å². The van der Waals surface area contributed by atoms with E-state index in [1.807, 2.05) is 0 Å². The van der Waals surface area contributed by atoms with Crippen molar-refractivity contribution in [2.75, 3.05) is 26.2 Å². The maximum absolute atomic E-state index is 10.9. The summed E-state index contributed by atoms with van der Waals surface area (Å²) in [5, 5.41) is 15.3. The molecular formula is C8H14N4O3. The minimum absolute atomic E-state index is 0.0445.